The van der Waals surface area contributed by atoms with Crippen molar-refractivity contribution >= 4 is 17.8 Å². The van der Waals surface area contributed by atoms with E-state index in [1.807, 2.05) is 19.2 Å². The van der Waals surface area contributed by atoms with Crippen molar-refractivity contribution in [3.63, 3.8) is 0 Å². The molecular weight excluding hydrogens is 268 g/mol. The maximum absolute atomic E-state index is 5.31. The molecule has 7 nitrogen and oxygen atoms in total. The van der Waals surface area contributed by atoms with Gasteiger partial charge < -0.3 is 20.0 Å². The van der Waals surface area contributed by atoms with Crippen LogP contribution in [0, 0.1) is 0 Å². The Morgan fingerprint density at radius 2 is 2.00 bits per heavy atom. The lowest BCUT2D eigenvalue weighted by Gasteiger charge is -2.16. The molecule has 0 unspecified atom stereocenters. The van der Waals surface area contributed by atoms with Crippen LogP contribution in [0.5, 0.6) is 0 Å². The molecule has 0 atom stereocenters. The van der Waals surface area contributed by atoms with E-state index in [0.29, 0.717) is 11.9 Å². The minimum Gasteiger partial charge on any atom is -0.469 e. The second kappa shape index (κ2) is 6.43. The third kappa shape index (κ3) is 3.42. The Labute approximate surface area is 123 Å². The quantitative estimate of drug-likeness (QED) is 0.838. The maximum Gasteiger partial charge on any atom is 0.231 e. The van der Waals surface area contributed by atoms with Gasteiger partial charge in [-0.1, -0.05) is 0 Å². The molecule has 1 aliphatic rings. The molecule has 2 N–H and O–H groups in total. The average molecular weight is 288 g/mol. The van der Waals surface area contributed by atoms with Crippen LogP contribution in [0.4, 0.5) is 17.8 Å². The Bertz CT molecular complexity index is 565. The van der Waals surface area contributed by atoms with Crippen molar-refractivity contribution in [2.75, 3.05) is 42.2 Å². The van der Waals surface area contributed by atoms with Gasteiger partial charge in [-0.15, -0.1) is 0 Å². The smallest absolute Gasteiger partial charge is 0.231 e. The van der Waals surface area contributed by atoms with Gasteiger partial charge in [0, 0.05) is 33.1 Å². The van der Waals surface area contributed by atoms with Crippen molar-refractivity contribution in [2.24, 2.45) is 0 Å². The molecule has 1 saturated heterocycles. The van der Waals surface area contributed by atoms with Crippen LogP contribution in [-0.4, -0.2) is 41.6 Å². The Hall–Kier alpha value is -2.31. The molecule has 3 heterocycles. The van der Waals surface area contributed by atoms with Crippen LogP contribution in [0.2, 0.25) is 0 Å². The fourth-order valence-electron chi connectivity index (χ4n) is 2.37. The molecule has 0 aliphatic carbocycles. The highest BCUT2D eigenvalue weighted by Gasteiger charge is 2.17. The van der Waals surface area contributed by atoms with Gasteiger partial charge in [-0.25, -0.2) is 0 Å². The van der Waals surface area contributed by atoms with Gasteiger partial charge in [0.15, 0.2) is 0 Å². The molecule has 0 amide bonds. The molecule has 0 aromatic carbocycles. The van der Waals surface area contributed by atoms with Crippen LogP contribution < -0.4 is 15.5 Å². The molecule has 0 radical (unpaired) electrons. The number of hydrogen-bond donors (Lipinski definition) is 2. The lowest BCUT2D eigenvalue weighted by Crippen LogP contribution is -2.22. The molecule has 0 saturated carbocycles. The van der Waals surface area contributed by atoms with E-state index < -0.39 is 0 Å². The van der Waals surface area contributed by atoms with E-state index in [0.717, 1.165) is 37.8 Å². The summed E-state index contributed by atoms with van der Waals surface area (Å²) in [6, 6.07) is 3.85. The van der Waals surface area contributed by atoms with Crippen molar-refractivity contribution < 1.29 is 4.42 Å². The zero-order chi connectivity index (χ0) is 14.5. The number of furan rings is 1. The molecule has 0 bridgehead atoms. The van der Waals surface area contributed by atoms with Crippen molar-refractivity contribution in [2.45, 2.75) is 19.3 Å². The van der Waals surface area contributed by atoms with E-state index >= 15 is 0 Å². The summed E-state index contributed by atoms with van der Waals surface area (Å²) in [5, 5.41) is 6.22. The molecule has 7 heteroatoms. The van der Waals surface area contributed by atoms with Crippen LogP contribution in [0.25, 0.3) is 0 Å². The number of rotatable bonds is 6. The maximum atomic E-state index is 5.31. The molecular formula is C14H20N6O. The van der Waals surface area contributed by atoms with Crippen molar-refractivity contribution in [3.8, 4) is 0 Å². The molecule has 3 rings (SSSR count). The lowest BCUT2D eigenvalue weighted by molar-refractivity contribution is 0.512. The SMILES string of the molecule is CNc1nc(NCCc2ccco2)nc(N2CCCC2)n1. The third-order valence-electron chi connectivity index (χ3n) is 3.47. The van der Waals surface area contributed by atoms with Crippen LogP contribution >= 0.6 is 0 Å². The number of hydrogen-bond acceptors (Lipinski definition) is 7. The molecule has 1 aliphatic heterocycles. The summed E-state index contributed by atoms with van der Waals surface area (Å²) in [6.45, 7) is 2.75. The van der Waals surface area contributed by atoms with Gasteiger partial charge in [-0.2, -0.15) is 15.0 Å². The monoisotopic (exact) mass is 288 g/mol. The Morgan fingerprint density at radius 3 is 2.71 bits per heavy atom. The summed E-state index contributed by atoms with van der Waals surface area (Å²) in [6.07, 6.45) is 4.87. The van der Waals surface area contributed by atoms with Gasteiger partial charge >= 0.3 is 0 Å². The summed E-state index contributed by atoms with van der Waals surface area (Å²) in [4.78, 5) is 15.5. The van der Waals surface area contributed by atoms with E-state index in [4.69, 9.17) is 4.42 Å². The van der Waals surface area contributed by atoms with Gasteiger partial charge in [0.2, 0.25) is 17.8 Å². The zero-order valence-electron chi connectivity index (χ0n) is 12.2. The first-order chi connectivity index (χ1) is 10.3. The van der Waals surface area contributed by atoms with Gasteiger partial charge in [0.1, 0.15) is 5.76 Å². The molecule has 0 spiro atoms. The van der Waals surface area contributed by atoms with E-state index in [1.165, 1.54) is 12.8 Å². The number of anilines is 3. The van der Waals surface area contributed by atoms with Crippen LogP contribution in [-0.2, 0) is 6.42 Å². The molecule has 2 aromatic heterocycles. The van der Waals surface area contributed by atoms with Crippen molar-refractivity contribution in [1.82, 2.24) is 15.0 Å². The topological polar surface area (TPSA) is 79.1 Å². The highest BCUT2D eigenvalue weighted by molar-refractivity contribution is 5.44. The molecule has 112 valence electrons. The average Bonchev–Trinajstić information content (AvgIpc) is 3.20. The van der Waals surface area contributed by atoms with Crippen LogP contribution in [0.15, 0.2) is 22.8 Å². The third-order valence-corrected chi connectivity index (χ3v) is 3.47. The summed E-state index contributed by atoms with van der Waals surface area (Å²) in [7, 11) is 1.82. The number of nitrogens with zero attached hydrogens (tertiary/aromatic N) is 4. The van der Waals surface area contributed by atoms with Crippen molar-refractivity contribution in [1.29, 1.82) is 0 Å². The van der Waals surface area contributed by atoms with E-state index in [2.05, 4.69) is 30.5 Å². The fourth-order valence-corrected chi connectivity index (χ4v) is 2.37. The van der Waals surface area contributed by atoms with E-state index in [-0.39, 0.29) is 0 Å². The fraction of sp³-hybridized carbons (Fsp3) is 0.500. The molecule has 21 heavy (non-hydrogen) atoms. The predicted molar refractivity (Wildman–Crippen MR) is 81.7 cm³/mol. The summed E-state index contributed by atoms with van der Waals surface area (Å²) in [5.74, 6) is 2.88. The van der Waals surface area contributed by atoms with E-state index in [1.54, 1.807) is 6.26 Å². The largest absolute Gasteiger partial charge is 0.469 e. The standard InChI is InChI=1S/C14H20N6O/c1-15-12-17-13(16-7-6-11-5-4-10-21-11)19-14(18-12)20-8-2-3-9-20/h4-5,10H,2-3,6-9H2,1H3,(H2,15,16,17,18,19). The van der Waals surface area contributed by atoms with Gasteiger partial charge in [-0.05, 0) is 25.0 Å². The van der Waals surface area contributed by atoms with Gasteiger partial charge in [0.25, 0.3) is 0 Å². The molecule has 2 aromatic rings. The lowest BCUT2D eigenvalue weighted by atomic mass is 10.3. The minimum atomic E-state index is 0.590. The Kier molecular flexibility index (Phi) is 4.18. The minimum absolute atomic E-state index is 0.590. The first-order valence-corrected chi connectivity index (χ1v) is 7.30. The first kappa shape index (κ1) is 13.7. The second-order valence-electron chi connectivity index (χ2n) is 4.98. The highest BCUT2D eigenvalue weighted by Crippen LogP contribution is 2.18. The molecule has 1 fully saturated rings. The predicted octanol–water partition coefficient (Wildman–Crippen LogP) is 1.76. The van der Waals surface area contributed by atoms with Crippen molar-refractivity contribution in [3.05, 3.63) is 24.2 Å². The van der Waals surface area contributed by atoms with Crippen LogP contribution in [0.3, 0.4) is 0 Å². The van der Waals surface area contributed by atoms with E-state index in [9.17, 15) is 0 Å². The Morgan fingerprint density at radius 1 is 1.19 bits per heavy atom. The summed E-state index contributed by atoms with van der Waals surface area (Å²) < 4.78 is 5.31. The normalized spacial score (nSPS) is 14.4. The first-order valence-electron chi connectivity index (χ1n) is 7.30. The zero-order valence-corrected chi connectivity index (χ0v) is 12.2. The number of aromatic nitrogens is 3. The van der Waals surface area contributed by atoms with Gasteiger partial charge in [-0.3, -0.25) is 0 Å². The Balaban J connectivity index is 1.66. The van der Waals surface area contributed by atoms with Crippen LogP contribution in [0.1, 0.15) is 18.6 Å². The van der Waals surface area contributed by atoms with Gasteiger partial charge in [0.05, 0.1) is 6.26 Å². The number of nitrogens with one attached hydrogen (secondary N) is 2. The second-order valence-corrected chi connectivity index (χ2v) is 4.98. The summed E-state index contributed by atoms with van der Waals surface area (Å²) in [5.41, 5.74) is 0. The highest BCUT2D eigenvalue weighted by atomic mass is 16.3. The summed E-state index contributed by atoms with van der Waals surface area (Å²) >= 11 is 0.